The number of carboxylic acid groups (broad SMARTS) is 1. The topological polar surface area (TPSA) is 152 Å². The minimum Gasteiger partial charge on any atom is -0.465 e. The minimum absolute atomic E-state index is 0.0512. The number of carbonyl (C=O) groups excluding carboxylic acids is 2. The molecular formula is C30H38N6O6S. The fourth-order valence-corrected chi connectivity index (χ4v) is 6.63. The molecule has 12 nitrogen and oxygen atoms in total. The van der Waals surface area contributed by atoms with E-state index in [1.165, 1.54) is 9.80 Å². The van der Waals surface area contributed by atoms with Crippen molar-refractivity contribution in [1.29, 1.82) is 0 Å². The molecule has 0 bridgehead atoms. The Labute approximate surface area is 254 Å². The number of hydrogen-bond donors (Lipinski definition) is 3. The van der Waals surface area contributed by atoms with Crippen molar-refractivity contribution < 1.29 is 29.1 Å². The molecule has 0 aliphatic carbocycles. The highest BCUT2D eigenvalue weighted by molar-refractivity contribution is 7.13. The molecule has 0 saturated carbocycles. The molecule has 2 fully saturated rings. The Morgan fingerprint density at radius 1 is 1.09 bits per heavy atom. The van der Waals surface area contributed by atoms with E-state index in [1.807, 2.05) is 62.4 Å². The Kier molecular flexibility index (Phi) is 9.02. The van der Waals surface area contributed by atoms with Crippen molar-refractivity contribution in [2.24, 2.45) is 5.92 Å². The van der Waals surface area contributed by atoms with Gasteiger partial charge in [-0.05, 0) is 30.9 Å². The van der Waals surface area contributed by atoms with Gasteiger partial charge in [0.15, 0.2) is 11.6 Å². The predicted molar refractivity (Wildman–Crippen MR) is 161 cm³/mol. The molecule has 0 spiro atoms. The molecule has 3 N–H and O–H groups in total. The van der Waals surface area contributed by atoms with Crippen LogP contribution in [0.2, 0.25) is 0 Å². The van der Waals surface area contributed by atoms with Gasteiger partial charge in [0.1, 0.15) is 12.0 Å². The second kappa shape index (κ2) is 12.7. The van der Waals surface area contributed by atoms with Gasteiger partial charge in [-0.25, -0.2) is 9.78 Å². The third-order valence-electron chi connectivity index (χ3n) is 8.27. The van der Waals surface area contributed by atoms with E-state index in [2.05, 4.69) is 15.5 Å². The lowest BCUT2D eigenvalue weighted by atomic mass is 9.91. The average Bonchev–Trinajstić information content (AvgIpc) is 3.73. The standard InChI is InChI=1S/C30H38N6O6S/c1-17(2)26(24-14-25(33-42-24)34-9-11-35(12-10-34)30(40)41)29(39)36-15-22(37)13-23(36)28(38)32-18(3)20-5-7-21(8-6-20)27-19(4)31-16-43-27/h5-8,14,16-18,22-23,26,37H,9-13,15H2,1-4H3,(H,32,38)(H,40,41)/t18?,22-,23+,26?/m1/s1. The first kappa shape index (κ1) is 30.5. The Bertz CT molecular complexity index is 1450. The number of nitrogens with one attached hydrogen (secondary N) is 1. The van der Waals surface area contributed by atoms with Crippen molar-refractivity contribution in [1.82, 2.24) is 25.3 Å². The predicted octanol–water partition coefficient (Wildman–Crippen LogP) is 3.49. The van der Waals surface area contributed by atoms with Gasteiger partial charge in [-0.1, -0.05) is 43.3 Å². The smallest absolute Gasteiger partial charge is 0.407 e. The highest BCUT2D eigenvalue weighted by atomic mass is 32.1. The van der Waals surface area contributed by atoms with Gasteiger partial charge in [0.25, 0.3) is 0 Å². The summed E-state index contributed by atoms with van der Waals surface area (Å²) in [7, 11) is 0. The Morgan fingerprint density at radius 2 is 1.79 bits per heavy atom. The van der Waals surface area contributed by atoms with E-state index in [-0.39, 0.29) is 36.7 Å². The van der Waals surface area contributed by atoms with Crippen LogP contribution in [0.4, 0.5) is 10.6 Å². The van der Waals surface area contributed by atoms with Crippen LogP contribution in [-0.4, -0.2) is 92.9 Å². The Balaban J connectivity index is 1.26. The number of aryl methyl sites for hydroxylation is 1. The Hall–Kier alpha value is -3.97. The summed E-state index contributed by atoms with van der Waals surface area (Å²) >= 11 is 1.58. The van der Waals surface area contributed by atoms with E-state index in [4.69, 9.17) is 4.52 Å². The number of anilines is 1. The lowest BCUT2D eigenvalue weighted by Crippen LogP contribution is -2.48. The van der Waals surface area contributed by atoms with Crippen molar-refractivity contribution in [3.63, 3.8) is 0 Å². The summed E-state index contributed by atoms with van der Waals surface area (Å²) in [5.41, 5.74) is 4.79. The molecule has 4 atom stereocenters. The summed E-state index contributed by atoms with van der Waals surface area (Å²) < 4.78 is 5.65. The van der Waals surface area contributed by atoms with E-state index in [0.29, 0.717) is 37.8 Å². The van der Waals surface area contributed by atoms with E-state index in [0.717, 1.165) is 21.7 Å². The molecule has 2 unspecified atom stereocenters. The van der Waals surface area contributed by atoms with Gasteiger partial charge >= 0.3 is 6.09 Å². The van der Waals surface area contributed by atoms with Gasteiger partial charge in [0.2, 0.25) is 11.8 Å². The van der Waals surface area contributed by atoms with Crippen LogP contribution in [0, 0.1) is 12.8 Å². The molecule has 2 aliphatic heterocycles. The minimum atomic E-state index is -0.952. The second-order valence-electron chi connectivity index (χ2n) is 11.6. The summed E-state index contributed by atoms with van der Waals surface area (Å²) in [5.74, 6) is -0.583. The van der Waals surface area contributed by atoms with Crippen molar-refractivity contribution in [2.45, 2.75) is 58.2 Å². The number of thiazole rings is 1. The number of aliphatic hydroxyl groups excluding tert-OH is 1. The SMILES string of the molecule is Cc1ncsc1-c1ccc(C(C)NC(=O)[C@@H]2C[C@@H](O)CN2C(=O)C(c2cc(N3CCN(C(=O)O)CC3)no2)C(C)C)cc1. The number of aromatic nitrogens is 2. The molecule has 3 aromatic rings. The molecule has 1 aromatic carbocycles. The van der Waals surface area contributed by atoms with Crippen LogP contribution in [-0.2, 0) is 9.59 Å². The fourth-order valence-electron chi connectivity index (χ4n) is 5.82. The molecule has 0 radical (unpaired) electrons. The first-order valence-electron chi connectivity index (χ1n) is 14.5. The van der Waals surface area contributed by atoms with Gasteiger partial charge < -0.3 is 34.8 Å². The van der Waals surface area contributed by atoms with Crippen molar-refractivity contribution in [2.75, 3.05) is 37.6 Å². The lowest BCUT2D eigenvalue weighted by molar-refractivity contribution is -0.141. The normalized spacial score (nSPS) is 20.4. The summed E-state index contributed by atoms with van der Waals surface area (Å²) in [4.78, 5) is 48.8. The Morgan fingerprint density at radius 3 is 2.40 bits per heavy atom. The number of hydrogen-bond acceptors (Lipinski definition) is 9. The number of piperazine rings is 1. The summed E-state index contributed by atoms with van der Waals surface area (Å²) in [5, 5.41) is 26.9. The maximum absolute atomic E-state index is 13.9. The number of likely N-dealkylation sites (tertiary alicyclic amines) is 1. The van der Waals surface area contributed by atoms with Gasteiger partial charge in [-0.15, -0.1) is 11.3 Å². The summed E-state index contributed by atoms with van der Waals surface area (Å²) in [6.45, 7) is 9.34. The number of nitrogens with zero attached hydrogens (tertiary/aromatic N) is 5. The van der Waals surface area contributed by atoms with Crippen molar-refractivity contribution in [3.8, 4) is 10.4 Å². The first-order chi connectivity index (χ1) is 20.5. The number of amides is 3. The monoisotopic (exact) mass is 610 g/mol. The first-order valence-corrected chi connectivity index (χ1v) is 15.4. The number of β-amino-alcohol motifs (C(OH)–C–C–N with tert-alkyl or cyclic N) is 1. The van der Waals surface area contributed by atoms with Crippen LogP contribution in [0.15, 0.2) is 40.4 Å². The fraction of sp³-hybridized carbons (Fsp3) is 0.500. The maximum Gasteiger partial charge on any atom is 0.407 e. The van der Waals surface area contributed by atoms with E-state index in [1.54, 1.807) is 17.4 Å². The van der Waals surface area contributed by atoms with Gasteiger partial charge in [0.05, 0.1) is 28.2 Å². The van der Waals surface area contributed by atoms with Gasteiger partial charge in [0, 0.05) is 45.2 Å². The molecule has 2 aromatic heterocycles. The molecule has 2 aliphatic rings. The van der Waals surface area contributed by atoms with E-state index in [9.17, 15) is 24.6 Å². The zero-order valence-electron chi connectivity index (χ0n) is 24.8. The maximum atomic E-state index is 13.9. The molecule has 4 heterocycles. The zero-order chi connectivity index (χ0) is 30.8. The summed E-state index contributed by atoms with van der Waals surface area (Å²) in [6, 6.07) is 8.57. The molecule has 2 saturated heterocycles. The third-order valence-corrected chi connectivity index (χ3v) is 9.25. The van der Waals surface area contributed by atoms with E-state index < -0.39 is 24.2 Å². The molecule has 230 valence electrons. The third kappa shape index (κ3) is 6.52. The van der Waals surface area contributed by atoms with Crippen LogP contribution >= 0.6 is 11.3 Å². The summed E-state index contributed by atoms with van der Waals surface area (Å²) in [6.07, 6.45) is -1.62. The van der Waals surface area contributed by atoms with Crippen LogP contribution in [0.5, 0.6) is 0 Å². The van der Waals surface area contributed by atoms with Crippen LogP contribution in [0.1, 0.15) is 56.2 Å². The molecule has 3 amide bonds. The van der Waals surface area contributed by atoms with Gasteiger partial charge in [-0.3, -0.25) is 9.59 Å². The second-order valence-corrected chi connectivity index (χ2v) is 12.4. The van der Waals surface area contributed by atoms with Crippen molar-refractivity contribution in [3.05, 3.63) is 52.9 Å². The van der Waals surface area contributed by atoms with Crippen LogP contribution < -0.4 is 10.2 Å². The highest BCUT2D eigenvalue weighted by Gasteiger charge is 2.43. The average molecular weight is 611 g/mol. The number of benzene rings is 1. The molecule has 43 heavy (non-hydrogen) atoms. The number of carbonyl (C=O) groups is 3. The van der Waals surface area contributed by atoms with Crippen LogP contribution in [0.25, 0.3) is 10.4 Å². The lowest BCUT2D eigenvalue weighted by Gasteiger charge is -2.32. The van der Waals surface area contributed by atoms with Crippen LogP contribution in [0.3, 0.4) is 0 Å². The van der Waals surface area contributed by atoms with Crippen molar-refractivity contribution >= 4 is 35.1 Å². The van der Waals surface area contributed by atoms with E-state index >= 15 is 0 Å². The number of aliphatic hydroxyl groups is 1. The quantitative estimate of drug-likeness (QED) is 0.348. The highest BCUT2D eigenvalue weighted by Crippen LogP contribution is 2.33. The largest absolute Gasteiger partial charge is 0.465 e. The number of rotatable bonds is 8. The molecule has 5 rings (SSSR count). The van der Waals surface area contributed by atoms with Gasteiger partial charge in [-0.2, -0.15) is 0 Å². The molecule has 13 heteroatoms. The zero-order valence-corrected chi connectivity index (χ0v) is 25.6. The molecular weight excluding hydrogens is 572 g/mol.